The Morgan fingerprint density at radius 3 is 3.00 bits per heavy atom. The van der Waals surface area contributed by atoms with Crippen LogP contribution >= 0.6 is 27.3 Å². The van der Waals surface area contributed by atoms with Crippen molar-refractivity contribution >= 4 is 44.7 Å². The third-order valence-electron chi connectivity index (χ3n) is 4.32. The number of aromatic nitrogens is 2. The number of nitrogens with one attached hydrogen (secondary N) is 2. The number of halogens is 1. The second-order valence-corrected chi connectivity index (χ2v) is 8.17. The first-order valence-corrected chi connectivity index (χ1v) is 10.8. The van der Waals surface area contributed by atoms with Crippen LogP contribution in [0.3, 0.4) is 0 Å². The van der Waals surface area contributed by atoms with Gasteiger partial charge in [-0.2, -0.15) is 0 Å². The summed E-state index contributed by atoms with van der Waals surface area (Å²) in [5.41, 5.74) is 1.95. The molecule has 4 rings (SSSR count). The Hall–Kier alpha value is -2.45. The molecule has 28 heavy (non-hydrogen) atoms. The van der Waals surface area contributed by atoms with Gasteiger partial charge in [-0.15, -0.1) is 11.3 Å². The van der Waals surface area contributed by atoms with Crippen molar-refractivity contribution in [3.63, 3.8) is 0 Å². The number of ether oxygens (including phenoxy) is 1. The summed E-state index contributed by atoms with van der Waals surface area (Å²) < 4.78 is 6.78. The van der Waals surface area contributed by atoms with Crippen LogP contribution in [0.25, 0.3) is 10.6 Å². The number of rotatable bonds is 0. The molecule has 3 aromatic rings. The molecule has 0 radical (unpaired) electrons. The minimum atomic E-state index is -0.262. The van der Waals surface area contributed by atoms with Gasteiger partial charge in [0.15, 0.2) is 0 Å². The number of hydrogen-bond acceptors (Lipinski definition) is 6. The van der Waals surface area contributed by atoms with Crippen LogP contribution in [-0.2, 0) is 0 Å². The van der Waals surface area contributed by atoms with E-state index in [2.05, 4.69) is 36.5 Å². The molecule has 0 unspecified atom stereocenters. The van der Waals surface area contributed by atoms with Crippen molar-refractivity contribution in [3.8, 4) is 16.3 Å². The molecular weight excluding hydrogens is 440 g/mol. The molecule has 0 saturated carbocycles. The Balaban J connectivity index is 1.65. The highest BCUT2D eigenvalue weighted by Crippen LogP contribution is 2.30. The van der Waals surface area contributed by atoms with Crippen LogP contribution in [0, 0.1) is 0 Å². The third kappa shape index (κ3) is 4.51. The van der Waals surface area contributed by atoms with Crippen LogP contribution in [0.5, 0.6) is 5.75 Å². The van der Waals surface area contributed by atoms with Crippen LogP contribution in [0.4, 0.5) is 11.5 Å². The topological polar surface area (TPSA) is 76.1 Å². The van der Waals surface area contributed by atoms with Crippen molar-refractivity contribution in [2.24, 2.45) is 0 Å². The Kier molecular flexibility index (Phi) is 5.87. The van der Waals surface area contributed by atoms with E-state index in [1.54, 1.807) is 11.6 Å². The van der Waals surface area contributed by atoms with E-state index >= 15 is 0 Å². The molecule has 0 aliphatic carbocycles. The van der Waals surface area contributed by atoms with Crippen LogP contribution in [-0.4, -0.2) is 29.0 Å². The van der Waals surface area contributed by atoms with E-state index in [1.165, 1.54) is 11.3 Å². The number of benzene rings is 1. The van der Waals surface area contributed by atoms with E-state index in [-0.39, 0.29) is 5.91 Å². The van der Waals surface area contributed by atoms with E-state index in [9.17, 15) is 4.79 Å². The molecule has 1 aliphatic heterocycles. The Bertz CT molecular complexity index is 992. The van der Waals surface area contributed by atoms with Gasteiger partial charge in [-0.3, -0.25) is 4.79 Å². The highest BCUT2D eigenvalue weighted by Gasteiger charge is 2.15. The zero-order valence-electron chi connectivity index (χ0n) is 15.1. The maximum atomic E-state index is 12.7. The summed E-state index contributed by atoms with van der Waals surface area (Å²) in [5, 5.41) is 8.82. The number of hydrogen-bond donors (Lipinski definition) is 2. The molecule has 4 bridgehead atoms. The standard InChI is InChI=1S/C20H19BrN4O2S/c21-14-4-5-17-15(11-14)24-19(26)16-12-28-20(25-16)13-6-8-23-18(10-13)22-7-2-1-3-9-27-17/h4-6,8,10-12H,1-3,7,9H2,(H,22,23)(H,24,26). The number of carbonyl (C=O) groups is 1. The number of fused-ring (bicyclic) bond motifs is 6. The normalized spacial score (nSPS) is 14.8. The van der Waals surface area contributed by atoms with Crippen LogP contribution in [0.15, 0.2) is 46.4 Å². The van der Waals surface area contributed by atoms with E-state index < -0.39 is 0 Å². The second-order valence-electron chi connectivity index (χ2n) is 6.40. The maximum absolute atomic E-state index is 12.7. The molecule has 0 fully saturated rings. The van der Waals surface area contributed by atoms with Crippen molar-refractivity contribution in [2.75, 3.05) is 23.8 Å². The highest BCUT2D eigenvalue weighted by atomic mass is 79.9. The monoisotopic (exact) mass is 458 g/mol. The summed E-state index contributed by atoms with van der Waals surface area (Å²) in [4.78, 5) is 21.6. The lowest BCUT2D eigenvalue weighted by Crippen LogP contribution is -2.13. The van der Waals surface area contributed by atoms with Gasteiger partial charge >= 0.3 is 0 Å². The molecule has 144 valence electrons. The lowest BCUT2D eigenvalue weighted by atomic mass is 10.2. The fourth-order valence-corrected chi connectivity index (χ4v) is 4.04. The predicted octanol–water partition coefficient (Wildman–Crippen LogP) is 5.19. The van der Waals surface area contributed by atoms with Gasteiger partial charge in [-0.1, -0.05) is 15.9 Å². The summed E-state index contributed by atoms with van der Waals surface area (Å²) in [6.07, 6.45) is 4.77. The smallest absolute Gasteiger partial charge is 0.275 e. The van der Waals surface area contributed by atoms with Crippen LogP contribution in [0.1, 0.15) is 29.8 Å². The Labute approximate surface area is 175 Å². The fraction of sp³-hybridized carbons (Fsp3) is 0.250. The quantitative estimate of drug-likeness (QED) is 0.484. The molecule has 0 spiro atoms. The number of nitrogens with zero attached hydrogens (tertiary/aromatic N) is 2. The molecule has 0 saturated heterocycles. The predicted molar refractivity (Wildman–Crippen MR) is 115 cm³/mol. The summed E-state index contributed by atoms with van der Waals surface area (Å²) in [7, 11) is 0. The SMILES string of the molecule is O=C1Nc2cc(Br)ccc2OCCCCCNc2cc(ccn2)-c2nc1cs2. The minimum absolute atomic E-state index is 0.262. The third-order valence-corrected chi connectivity index (χ3v) is 5.70. The van der Waals surface area contributed by atoms with Gasteiger partial charge in [0.05, 0.1) is 12.3 Å². The van der Waals surface area contributed by atoms with Gasteiger partial charge in [0.2, 0.25) is 0 Å². The summed E-state index contributed by atoms with van der Waals surface area (Å²) in [6.45, 7) is 1.45. The maximum Gasteiger partial charge on any atom is 0.275 e. The van der Waals surface area contributed by atoms with Crippen molar-refractivity contribution in [2.45, 2.75) is 19.3 Å². The molecule has 3 heterocycles. The van der Waals surface area contributed by atoms with Gasteiger partial charge in [-0.25, -0.2) is 9.97 Å². The molecule has 0 atom stereocenters. The van der Waals surface area contributed by atoms with Gasteiger partial charge in [0.25, 0.3) is 5.91 Å². The molecule has 1 amide bonds. The van der Waals surface area contributed by atoms with Crippen molar-refractivity contribution in [1.82, 2.24) is 9.97 Å². The molecule has 2 aromatic heterocycles. The zero-order valence-corrected chi connectivity index (χ0v) is 17.5. The lowest BCUT2D eigenvalue weighted by Gasteiger charge is -2.13. The molecule has 1 aliphatic rings. The zero-order chi connectivity index (χ0) is 19.3. The number of carbonyl (C=O) groups excluding carboxylic acids is 1. The largest absolute Gasteiger partial charge is 0.491 e. The number of anilines is 2. The first-order chi connectivity index (χ1) is 13.7. The number of pyridine rings is 1. The van der Waals surface area contributed by atoms with Gasteiger partial charge in [-0.05, 0) is 49.6 Å². The Morgan fingerprint density at radius 2 is 2.07 bits per heavy atom. The summed E-state index contributed by atoms with van der Waals surface area (Å²) in [6, 6.07) is 9.47. The molecule has 2 N–H and O–H groups in total. The summed E-state index contributed by atoms with van der Waals surface area (Å²) in [5.74, 6) is 1.21. The van der Waals surface area contributed by atoms with Crippen molar-refractivity contribution < 1.29 is 9.53 Å². The van der Waals surface area contributed by atoms with Crippen LogP contribution in [0.2, 0.25) is 0 Å². The number of amides is 1. The van der Waals surface area contributed by atoms with E-state index in [0.717, 1.165) is 46.7 Å². The fourth-order valence-electron chi connectivity index (χ4n) is 2.89. The first kappa shape index (κ1) is 18.9. The average Bonchev–Trinajstić information content (AvgIpc) is 3.19. The van der Waals surface area contributed by atoms with Crippen molar-refractivity contribution in [1.29, 1.82) is 0 Å². The molecule has 6 nitrogen and oxygen atoms in total. The second kappa shape index (κ2) is 8.70. The first-order valence-electron chi connectivity index (χ1n) is 9.08. The summed E-state index contributed by atoms with van der Waals surface area (Å²) >= 11 is 4.89. The van der Waals surface area contributed by atoms with Gasteiger partial charge < -0.3 is 15.4 Å². The lowest BCUT2D eigenvalue weighted by molar-refractivity contribution is 0.102. The molecule has 8 heteroatoms. The average molecular weight is 459 g/mol. The minimum Gasteiger partial charge on any atom is -0.491 e. The van der Waals surface area contributed by atoms with E-state index in [1.807, 2.05) is 30.3 Å². The van der Waals surface area contributed by atoms with E-state index in [4.69, 9.17) is 4.74 Å². The Morgan fingerprint density at radius 1 is 1.14 bits per heavy atom. The molecular formula is C20H19BrN4O2S. The van der Waals surface area contributed by atoms with Gasteiger partial charge in [0, 0.05) is 28.2 Å². The highest BCUT2D eigenvalue weighted by molar-refractivity contribution is 9.10. The number of thiazole rings is 1. The van der Waals surface area contributed by atoms with Crippen LogP contribution < -0.4 is 15.4 Å². The van der Waals surface area contributed by atoms with E-state index in [0.29, 0.717) is 23.7 Å². The molecule has 1 aromatic carbocycles. The van der Waals surface area contributed by atoms with Crippen molar-refractivity contribution in [3.05, 3.63) is 52.1 Å². The van der Waals surface area contributed by atoms with Gasteiger partial charge in [0.1, 0.15) is 22.3 Å².